The molecule has 3 rings (SSSR count). The van der Waals surface area contributed by atoms with Crippen molar-refractivity contribution < 1.29 is 0 Å². The summed E-state index contributed by atoms with van der Waals surface area (Å²) in [6.45, 7) is 1.99. The number of aromatic nitrogens is 4. The van der Waals surface area contributed by atoms with Crippen LogP contribution in [0.1, 0.15) is 31.2 Å². The number of halogens is 1. The summed E-state index contributed by atoms with van der Waals surface area (Å²) < 4.78 is 1.80. The van der Waals surface area contributed by atoms with Crippen LogP contribution in [0.25, 0.3) is 5.78 Å². The Labute approximate surface area is 109 Å². The molecule has 0 atom stereocenters. The first-order chi connectivity index (χ1) is 8.25. The van der Waals surface area contributed by atoms with Crippen LogP contribution in [-0.4, -0.2) is 24.8 Å². The number of thioether (sulfide) groups is 1. The molecule has 1 fully saturated rings. The summed E-state index contributed by atoms with van der Waals surface area (Å²) in [5, 5.41) is 6.53. The first-order valence-corrected chi connectivity index (χ1v) is 7.04. The molecule has 1 saturated carbocycles. The molecule has 0 aromatic carbocycles. The number of hydrogen-bond acceptors (Lipinski definition) is 4. The minimum atomic E-state index is 0.533. The highest BCUT2D eigenvalue weighted by Gasteiger charge is 2.20. The van der Waals surface area contributed by atoms with Gasteiger partial charge in [-0.25, -0.2) is 0 Å². The van der Waals surface area contributed by atoms with Gasteiger partial charge in [0.1, 0.15) is 16.5 Å². The fraction of sp³-hybridized carbons (Fsp3) is 0.545. The third-order valence-electron chi connectivity index (χ3n) is 3.13. The van der Waals surface area contributed by atoms with Crippen LogP contribution in [0.4, 0.5) is 0 Å². The maximum Gasteiger partial charge on any atom is 0.254 e. The smallest absolute Gasteiger partial charge is 0.199 e. The SMILES string of the molecule is Cc1c(Cl)nc2ncnn2c1SC1CCCC1. The van der Waals surface area contributed by atoms with Crippen LogP contribution in [-0.2, 0) is 0 Å². The second-order valence-electron chi connectivity index (χ2n) is 4.33. The first-order valence-electron chi connectivity index (χ1n) is 5.78. The van der Waals surface area contributed by atoms with E-state index < -0.39 is 0 Å². The predicted octanol–water partition coefficient (Wildman–Crippen LogP) is 3.12. The number of nitrogens with zero attached hydrogens (tertiary/aromatic N) is 4. The van der Waals surface area contributed by atoms with Crippen LogP contribution in [0.3, 0.4) is 0 Å². The molecular weight excluding hydrogens is 256 g/mol. The molecule has 1 aliphatic rings. The summed E-state index contributed by atoms with van der Waals surface area (Å²) in [4.78, 5) is 8.31. The largest absolute Gasteiger partial charge is 0.254 e. The van der Waals surface area contributed by atoms with Gasteiger partial charge in [-0.3, -0.25) is 0 Å². The Hall–Kier alpha value is -0.810. The number of hydrogen-bond donors (Lipinski definition) is 0. The Morgan fingerprint density at radius 1 is 1.41 bits per heavy atom. The molecule has 1 aliphatic carbocycles. The van der Waals surface area contributed by atoms with E-state index in [0.717, 1.165) is 10.6 Å². The van der Waals surface area contributed by atoms with Crippen molar-refractivity contribution >= 4 is 29.1 Å². The van der Waals surface area contributed by atoms with Gasteiger partial charge < -0.3 is 0 Å². The Kier molecular flexibility index (Phi) is 2.96. The molecule has 0 aliphatic heterocycles. The maximum absolute atomic E-state index is 6.13. The Balaban J connectivity index is 2.05. The number of fused-ring (bicyclic) bond motifs is 1. The van der Waals surface area contributed by atoms with E-state index in [2.05, 4.69) is 15.1 Å². The fourth-order valence-electron chi connectivity index (χ4n) is 2.18. The van der Waals surface area contributed by atoms with Crippen LogP contribution in [0.5, 0.6) is 0 Å². The summed E-state index contributed by atoms with van der Waals surface area (Å²) in [5.41, 5.74) is 1.00. The van der Waals surface area contributed by atoms with E-state index in [-0.39, 0.29) is 0 Å². The summed E-state index contributed by atoms with van der Waals surface area (Å²) in [7, 11) is 0. The number of rotatable bonds is 2. The van der Waals surface area contributed by atoms with Crippen LogP contribution < -0.4 is 0 Å². The van der Waals surface area contributed by atoms with Crippen LogP contribution in [0.15, 0.2) is 11.4 Å². The normalized spacial score (nSPS) is 17.1. The molecule has 2 aromatic heterocycles. The minimum Gasteiger partial charge on any atom is -0.199 e. The van der Waals surface area contributed by atoms with E-state index in [1.54, 1.807) is 4.52 Å². The topological polar surface area (TPSA) is 43.1 Å². The Bertz CT molecular complexity index is 548. The van der Waals surface area contributed by atoms with Gasteiger partial charge in [0.15, 0.2) is 0 Å². The zero-order chi connectivity index (χ0) is 11.8. The van der Waals surface area contributed by atoms with Crippen LogP contribution in [0, 0.1) is 6.92 Å². The molecule has 6 heteroatoms. The average Bonchev–Trinajstić information content (AvgIpc) is 2.94. The summed E-state index contributed by atoms with van der Waals surface area (Å²) in [6.07, 6.45) is 6.74. The lowest BCUT2D eigenvalue weighted by molar-refractivity contribution is 0.813. The molecule has 0 spiro atoms. The van der Waals surface area contributed by atoms with E-state index >= 15 is 0 Å². The van der Waals surface area contributed by atoms with Gasteiger partial charge in [-0.05, 0) is 19.8 Å². The van der Waals surface area contributed by atoms with Gasteiger partial charge in [0.05, 0.1) is 0 Å². The van der Waals surface area contributed by atoms with E-state index in [1.807, 2.05) is 18.7 Å². The highest BCUT2D eigenvalue weighted by atomic mass is 35.5. The monoisotopic (exact) mass is 268 g/mol. The van der Waals surface area contributed by atoms with Gasteiger partial charge in [0.2, 0.25) is 0 Å². The van der Waals surface area contributed by atoms with Crippen molar-refractivity contribution in [3.05, 3.63) is 17.0 Å². The van der Waals surface area contributed by atoms with Crippen molar-refractivity contribution in [2.24, 2.45) is 0 Å². The van der Waals surface area contributed by atoms with E-state index in [1.165, 1.54) is 32.0 Å². The first kappa shape index (κ1) is 11.3. The van der Waals surface area contributed by atoms with Crippen molar-refractivity contribution in [2.45, 2.75) is 42.9 Å². The van der Waals surface area contributed by atoms with Crippen LogP contribution in [0.2, 0.25) is 5.15 Å². The molecule has 90 valence electrons. The van der Waals surface area contributed by atoms with Crippen molar-refractivity contribution in [1.82, 2.24) is 19.6 Å². The highest BCUT2D eigenvalue weighted by Crippen LogP contribution is 2.37. The van der Waals surface area contributed by atoms with E-state index in [4.69, 9.17) is 11.6 Å². The molecule has 2 heterocycles. The zero-order valence-electron chi connectivity index (χ0n) is 9.56. The summed E-state index contributed by atoms with van der Waals surface area (Å²) in [5.74, 6) is 0.584. The maximum atomic E-state index is 6.13. The predicted molar refractivity (Wildman–Crippen MR) is 68.6 cm³/mol. The molecule has 0 bridgehead atoms. The Morgan fingerprint density at radius 3 is 2.94 bits per heavy atom. The summed E-state index contributed by atoms with van der Waals surface area (Å²) >= 11 is 7.99. The van der Waals surface area contributed by atoms with Crippen LogP contribution >= 0.6 is 23.4 Å². The molecule has 17 heavy (non-hydrogen) atoms. The molecule has 0 radical (unpaired) electrons. The third kappa shape index (κ3) is 2.02. The quantitative estimate of drug-likeness (QED) is 0.785. The standard InChI is InChI=1S/C11H13ClN4S/c1-7-9(12)15-11-13-6-14-16(11)10(7)17-8-4-2-3-5-8/h6,8H,2-5H2,1H3. The van der Waals surface area contributed by atoms with Crippen molar-refractivity contribution in [2.75, 3.05) is 0 Å². The second-order valence-corrected chi connectivity index (χ2v) is 5.98. The molecule has 0 N–H and O–H groups in total. The Morgan fingerprint density at radius 2 is 2.18 bits per heavy atom. The minimum absolute atomic E-state index is 0.533. The second kappa shape index (κ2) is 4.46. The van der Waals surface area contributed by atoms with Crippen molar-refractivity contribution in [1.29, 1.82) is 0 Å². The van der Waals surface area contributed by atoms with E-state index in [0.29, 0.717) is 16.2 Å². The lowest BCUT2D eigenvalue weighted by Crippen LogP contribution is -2.03. The van der Waals surface area contributed by atoms with Gasteiger partial charge in [-0.2, -0.15) is 19.6 Å². The van der Waals surface area contributed by atoms with Gasteiger partial charge >= 0.3 is 0 Å². The van der Waals surface area contributed by atoms with Gasteiger partial charge in [0.25, 0.3) is 5.78 Å². The lowest BCUT2D eigenvalue weighted by Gasteiger charge is -2.12. The average molecular weight is 269 g/mol. The molecule has 2 aromatic rings. The third-order valence-corrected chi connectivity index (χ3v) is 5.01. The highest BCUT2D eigenvalue weighted by molar-refractivity contribution is 7.99. The van der Waals surface area contributed by atoms with Gasteiger partial charge in [-0.15, -0.1) is 11.8 Å². The van der Waals surface area contributed by atoms with E-state index in [9.17, 15) is 0 Å². The van der Waals surface area contributed by atoms with Crippen molar-refractivity contribution in [3.63, 3.8) is 0 Å². The fourth-order valence-corrected chi connectivity index (χ4v) is 3.78. The summed E-state index contributed by atoms with van der Waals surface area (Å²) in [6, 6.07) is 0. The van der Waals surface area contributed by atoms with Gasteiger partial charge in [0, 0.05) is 10.8 Å². The molecule has 4 nitrogen and oxygen atoms in total. The lowest BCUT2D eigenvalue weighted by atomic mass is 10.4. The molecule has 0 unspecified atom stereocenters. The molecular formula is C11H13ClN4S. The van der Waals surface area contributed by atoms with Crippen molar-refractivity contribution in [3.8, 4) is 0 Å². The van der Waals surface area contributed by atoms with Gasteiger partial charge in [-0.1, -0.05) is 24.4 Å². The molecule has 0 saturated heterocycles. The molecule has 0 amide bonds. The zero-order valence-corrected chi connectivity index (χ0v) is 11.1.